The van der Waals surface area contributed by atoms with E-state index >= 15 is 0 Å². The van der Waals surface area contributed by atoms with E-state index in [0.29, 0.717) is 6.04 Å². The van der Waals surface area contributed by atoms with Gasteiger partial charge >= 0.3 is 0 Å². The smallest absolute Gasteiger partial charge is 0.218 e. The van der Waals surface area contributed by atoms with E-state index in [-0.39, 0.29) is 0 Å². The lowest BCUT2D eigenvalue weighted by Gasteiger charge is -2.07. The van der Waals surface area contributed by atoms with E-state index < -0.39 is 0 Å². The zero-order valence-corrected chi connectivity index (χ0v) is 6.26. The standard InChI is InChI=1S/C6H12N4/c1-3-5(2)9-6-7-4-8-10-6/h4-5H,3H2,1-2H3,(H2,7,8,9,10). The van der Waals surface area contributed by atoms with Gasteiger partial charge in [0.05, 0.1) is 0 Å². The highest BCUT2D eigenvalue weighted by Gasteiger charge is 1.98. The first-order valence-corrected chi connectivity index (χ1v) is 3.44. The Balaban J connectivity index is 2.40. The van der Waals surface area contributed by atoms with E-state index in [9.17, 15) is 0 Å². The summed E-state index contributed by atoms with van der Waals surface area (Å²) in [5.74, 6) is 0.745. The van der Waals surface area contributed by atoms with Gasteiger partial charge < -0.3 is 5.32 Å². The molecule has 1 aromatic heterocycles. The van der Waals surface area contributed by atoms with Crippen molar-refractivity contribution in [2.75, 3.05) is 5.32 Å². The molecule has 1 atom stereocenters. The van der Waals surface area contributed by atoms with E-state index in [1.165, 1.54) is 6.33 Å². The molecule has 0 spiro atoms. The first-order chi connectivity index (χ1) is 4.83. The van der Waals surface area contributed by atoms with Crippen molar-refractivity contribution in [3.05, 3.63) is 6.33 Å². The van der Waals surface area contributed by atoms with Crippen LogP contribution in [0, 0.1) is 0 Å². The summed E-state index contributed by atoms with van der Waals surface area (Å²) >= 11 is 0. The van der Waals surface area contributed by atoms with Crippen molar-refractivity contribution in [3.63, 3.8) is 0 Å². The van der Waals surface area contributed by atoms with Gasteiger partial charge in [0.15, 0.2) is 0 Å². The van der Waals surface area contributed by atoms with Crippen LogP contribution < -0.4 is 5.32 Å². The molecule has 0 saturated heterocycles. The molecule has 0 saturated carbocycles. The van der Waals surface area contributed by atoms with Crippen molar-refractivity contribution in [1.82, 2.24) is 15.2 Å². The van der Waals surface area contributed by atoms with Gasteiger partial charge in [-0.05, 0) is 13.3 Å². The molecule has 0 aromatic carbocycles. The Morgan fingerprint density at radius 2 is 2.60 bits per heavy atom. The normalized spacial score (nSPS) is 13.0. The fraction of sp³-hybridized carbons (Fsp3) is 0.667. The number of nitrogens with zero attached hydrogens (tertiary/aromatic N) is 2. The summed E-state index contributed by atoms with van der Waals surface area (Å²) in [7, 11) is 0. The van der Waals surface area contributed by atoms with E-state index in [1.807, 2.05) is 0 Å². The van der Waals surface area contributed by atoms with Crippen molar-refractivity contribution in [1.29, 1.82) is 0 Å². The minimum absolute atomic E-state index is 0.452. The van der Waals surface area contributed by atoms with Gasteiger partial charge in [0.25, 0.3) is 0 Å². The first-order valence-electron chi connectivity index (χ1n) is 3.44. The van der Waals surface area contributed by atoms with Crippen LogP contribution in [0.15, 0.2) is 6.33 Å². The Labute approximate surface area is 60.1 Å². The van der Waals surface area contributed by atoms with Gasteiger partial charge in [-0.3, -0.25) is 0 Å². The summed E-state index contributed by atoms with van der Waals surface area (Å²) in [5, 5.41) is 9.58. The molecule has 1 unspecified atom stereocenters. The van der Waals surface area contributed by atoms with Crippen LogP contribution in [-0.2, 0) is 0 Å². The van der Waals surface area contributed by atoms with Crippen LogP contribution in [0.1, 0.15) is 20.3 Å². The van der Waals surface area contributed by atoms with E-state index in [1.54, 1.807) is 0 Å². The van der Waals surface area contributed by atoms with E-state index in [2.05, 4.69) is 34.3 Å². The quantitative estimate of drug-likeness (QED) is 0.659. The lowest BCUT2D eigenvalue weighted by Crippen LogP contribution is -2.14. The summed E-state index contributed by atoms with van der Waals surface area (Å²) in [4.78, 5) is 3.93. The SMILES string of the molecule is CCC(C)Nc1ncn[nH]1. The molecule has 0 bridgehead atoms. The van der Waals surface area contributed by atoms with Crippen LogP contribution in [0.25, 0.3) is 0 Å². The maximum Gasteiger partial charge on any atom is 0.218 e. The van der Waals surface area contributed by atoms with Crippen molar-refractivity contribution in [2.45, 2.75) is 26.3 Å². The number of aromatic nitrogens is 3. The maximum absolute atomic E-state index is 3.93. The van der Waals surface area contributed by atoms with E-state index in [0.717, 1.165) is 12.4 Å². The lowest BCUT2D eigenvalue weighted by atomic mass is 10.3. The van der Waals surface area contributed by atoms with Crippen LogP contribution in [-0.4, -0.2) is 21.2 Å². The van der Waals surface area contributed by atoms with Crippen molar-refractivity contribution >= 4 is 5.95 Å². The number of hydrogen-bond donors (Lipinski definition) is 2. The molecule has 0 aliphatic rings. The molecule has 56 valence electrons. The Kier molecular flexibility index (Phi) is 2.25. The Hall–Kier alpha value is -1.06. The monoisotopic (exact) mass is 140 g/mol. The molecule has 2 N–H and O–H groups in total. The summed E-state index contributed by atoms with van der Waals surface area (Å²) in [5.41, 5.74) is 0. The highest BCUT2D eigenvalue weighted by atomic mass is 15.3. The summed E-state index contributed by atoms with van der Waals surface area (Å²) < 4.78 is 0. The molecule has 1 heterocycles. The third-order valence-electron chi connectivity index (χ3n) is 1.41. The minimum Gasteiger partial charge on any atom is -0.352 e. The molecule has 1 aromatic rings. The fourth-order valence-corrected chi connectivity index (χ4v) is 0.610. The van der Waals surface area contributed by atoms with Gasteiger partial charge in [-0.1, -0.05) is 6.92 Å². The Morgan fingerprint density at radius 3 is 3.10 bits per heavy atom. The lowest BCUT2D eigenvalue weighted by molar-refractivity contribution is 0.754. The topological polar surface area (TPSA) is 53.6 Å². The summed E-state index contributed by atoms with van der Waals surface area (Å²) in [6.45, 7) is 4.22. The Morgan fingerprint density at radius 1 is 1.80 bits per heavy atom. The van der Waals surface area contributed by atoms with Crippen LogP contribution in [0.2, 0.25) is 0 Å². The molecular formula is C6H12N4. The predicted octanol–water partition coefficient (Wildman–Crippen LogP) is 1.02. The molecule has 0 radical (unpaired) electrons. The van der Waals surface area contributed by atoms with Crippen LogP contribution in [0.5, 0.6) is 0 Å². The number of rotatable bonds is 3. The average Bonchev–Trinajstić information content (AvgIpc) is 2.40. The maximum atomic E-state index is 3.93. The number of H-pyrrole nitrogens is 1. The van der Waals surface area contributed by atoms with Crippen molar-refractivity contribution < 1.29 is 0 Å². The molecule has 0 aliphatic heterocycles. The average molecular weight is 140 g/mol. The van der Waals surface area contributed by atoms with Gasteiger partial charge in [-0.2, -0.15) is 5.10 Å². The van der Waals surface area contributed by atoms with Crippen molar-refractivity contribution in [2.24, 2.45) is 0 Å². The van der Waals surface area contributed by atoms with Gasteiger partial charge in [0, 0.05) is 6.04 Å². The second kappa shape index (κ2) is 3.20. The molecule has 0 aliphatic carbocycles. The predicted molar refractivity (Wildman–Crippen MR) is 39.8 cm³/mol. The number of hydrogen-bond acceptors (Lipinski definition) is 3. The van der Waals surface area contributed by atoms with Gasteiger partial charge in [0.2, 0.25) is 5.95 Å². The zero-order chi connectivity index (χ0) is 7.40. The second-order valence-corrected chi connectivity index (χ2v) is 2.29. The molecule has 0 amide bonds. The summed E-state index contributed by atoms with van der Waals surface area (Å²) in [6.07, 6.45) is 2.57. The first kappa shape index (κ1) is 7.05. The molecular weight excluding hydrogens is 128 g/mol. The van der Waals surface area contributed by atoms with Crippen LogP contribution in [0.3, 0.4) is 0 Å². The van der Waals surface area contributed by atoms with Crippen molar-refractivity contribution in [3.8, 4) is 0 Å². The number of anilines is 1. The third-order valence-corrected chi connectivity index (χ3v) is 1.41. The zero-order valence-electron chi connectivity index (χ0n) is 6.26. The van der Waals surface area contributed by atoms with E-state index in [4.69, 9.17) is 0 Å². The third kappa shape index (κ3) is 1.72. The van der Waals surface area contributed by atoms with Gasteiger partial charge in [0.1, 0.15) is 6.33 Å². The second-order valence-electron chi connectivity index (χ2n) is 2.29. The molecule has 4 nitrogen and oxygen atoms in total. The molecule has 4 heteroatoms. The minimum atomic E-state index is 0.452. The van der Waals surface area contributed by atoms with Crippen LogP contribution in [0.4, 0.5) is 5.95 Å². The molecule has 10 heavy (non-hydrogen) atoms. The van der Waals surface area contributed by atoms with Gasteiger partial charge in [-0.25, -0.2) is 10.1 Å². The molecule has 1 rings (SSSR count). The van der Waals surface area contributed by atoms with Gasteiger partial charge in [-0.15, -0.1) is 0 Å². The fourth-order valence-electron chi connectivity index (χ4n) is 0.610. The largest absolute Gasteiger partial charge is 0.352 e. The van der Waals surface area contributed by atoms with Crippen LogP contribution >= 0.6 is 0 Å². The molecule has 0 fully saturated rings. The highest BCUT2D eigenvalue weighted by Crippen LogP contribution is 1.98. The summed E-state index contributed by atoms with van der Waals surface area (Å²) in [6, 6.07) is 0.452. The number of aromatic amines is 1. The highest BCUT2D eigenvalue weighted by molar-refractivity contribution is 5.21. The Bertz CT molecular complexity index is 170. The number of nitrogens with one attached hydrogen (secondary N) is 2.